The van der Waals surface area contributed by atoms with Gasteiger partial charge in [-0.2, -0.15) is 13.2 Å². The van der Waals surface area contributed by atoms with E-state index in [0.29, 0.717) is 26.2 Å². The van der Waals surface area contributed by atoms with Crippen LogP contribution in [0.2, 0.25) is 0 Å². The molecule has 1 atom stereocenters. The molecular formula is C16H22F3N5O6. The van der Waals surface area contributed by atoms with Crippen molar-refractivity contribution >= 4 is 17.8 Å². The number of rotatable bonds is 8. The first-order chi connectivity index (χ1) is 14.1. The fourth-order valence-corrected chi connectivity index (χ4v) is 2.43. The smallest absolute Gasteiger partial charge is 0.462 e. The van der Waals surface area contributed by atoms with Gasteiger partial charge < -0.3 is 24.5 Å². The molecule has 30 heavy (non-hydrogen) atoms. The number of piperazine rings is 1. The van der Waals surface area contributed by atoms with Crippen LogP contribution in [0.15, 0.2) is 0 Å². The normalized spacial score (nSPS) is 15.4. The summed E-state index contributed by atoms with van der Waals surface area (Å²) in [7, 11) is 0. The van der Waals surface area contributed by atoms with E-state index >= 15 is 0 Å². The molecule has 1 N–H and O–H groups in total. The molecule has 0 bridgehead atoms. The first-order valence-electron chi connectivity index (χ1n) is 9.12. The molecule has 1 unspecified atom stereocenters. The summed E-state index contributed by atoms with van der Waals surface area (Å²) in [6.07, 6.45) is -6.79. The SMILES string of the molecule is CCC(=O)OCC(COn1nnc(C(=O)N2CCNCC2)c1C)OC(=O)C(F)(F)F. The van der Waals surface area contributed by atoms with E-state index < -0.39 is 37.4 Å². The van der Waals surface area contributed by atoms with Crippen molar-refractivity contribution in [2.24, 2.45) is 0 Å². The molecule has 1 saturated heterocycles. The van der Waals surface area contributed by atoms with Crippen LogP contribution in [-0.4, -0.2) is 89.6 Å². The third kappa shape index (κ3) is 6.30. The summed E-state index contributed by atoms with van der Waals surface area (Å²) in [5.74, 6) is -3.50. The number of alkyl halides is 3. The van der Waals surface area contributed by atoms with Crippen LogP contribution in [0, 0.1) is 6.92 Å². The lowest BCUT2D eigenvalue weighted by atomic mass is 10.2. The van der Waals surface area contributed by atoms with Gasteiger partial charge in [0.1, 0.15) is 12.3 Å². The van der Waals surface area contributed by atoms with Crippen LogP contribution in [-0.2, 0) is 19.1 Å². The molecule has 0 radical (unpaired) electrons. The van der Waals surface area contributed by atoms with Gasteiger partial charge in [0.15, 0.2) is 18.4 Å². The number of nitrogens with zero attached hydrogens (tertiary/aromatic N) is 4. The molecule has 0 saturated carbocycles. The molecule has 0 aliphatic carbocycles. The molecule has 1 aliphatic heterocycles. The van der Waals surface area contributed by atoms with Crippen molar-refractivity contribution in [3.63, 3.8) is 0 Å². The first-order valence-corrected chi connectivity index (χ1v) is 9.12. The van der Waals surface area contributed by atoms with Gasteiger partial charge in [-0.25, -0.2) is 4.79 Å². The molecule has 0 spiro atoms. The van der Waals surface area contributed by atoms with Gasteiger partial charge in [0, 0.05) is 32.6 Å². The number of amides is 1. The summed E-state index contributed by atoms with van der Waals surface area (Å²) < 4.78 is 46.5. The number of hydrogen-bond acceptors (Lipinski definition) is 9. The van der Waals surface area contributed by atoms with Crippen LogP contribution in [0.5, 0.6) is 0 Å². The lowest BCUT2D eigenvalue weighted by Gasteiger charge is -2.26. The van der Waals surface area contributed by atoms with Gasteiger partial charge in [0.2, 0.25) is 0 Å². The molecule has 1 aromatic heterocycles. The molecule has 1 amide bonds. The predicted molar refractivity (Wildman–Crippen MR) is 92.2 cm³/mol. The largest absolute Gasteiger partial charge is 0.490 e. The summed E-state index contributed by atoms with van der Waals surface area (Å²) in [5, 5.41) is 10.5. The van der Waals surface area contributed by atoms with Crippen molar-refractivity contribution in [2.45, 2.75) is 32.5 Å². The molecule has 11 nitrogen and oxygen atoms in total. The highest BCUT2D eigenvalue weighted by molar-refractivity contribution is 5.93. The Morgan fingerprint density at radius 1 is 1.20 bits per heavy atom. The Morgan fingerprint density at radius 2 is 1.87 bits per heavy atom. The summed E-state index contributed by atoms with van der Waals surface area (Å²) in [4.78, 5) is 42.5. The van der Waals surface area contributed by atoms with Gasteiger partial charge >= 0.3 is 18.1 Å². The molecular weight excluding hydrogens is 415 g/mol. The van der Waals surface area contributed by atoms with Crippen molar-refractivity contribution < 1.29 is 41.9 Å². The quantitative estimate of drug-likeness (QED) is 0.535. The Morgan fingerprint density at radius 3 is 2.47 bits per heavy atom. The molecule has 14 heteroatoms. The van der Waals surface area contributed by atoms with Crippen LogP contribution < -0.4 is 10.2 Å². The van der Waals surface area contributed by atoms with E-state index in [9.17, 15) is 27.6 Å². The fraction of sp³-hybridized carbons (Fsp3) is 0.688. The van der Waals surface area contributed by atoms with E-state index in [0.717, 1.165) is 4.85 Å². The van der Waals surface area contributed by atoms with E-state index in [2.05, 4.69) is 20.4 Å². The van der Waals surface area contributed by atoms with Crippen molar-refractivity contribution in [1.82, 2.24) is 25.4 Å². The van der Waals surface area contributed by atoms with Gasteiger partial charge in [-0.05, 0) is 12.1 Å². The van der Waals surface area contributed by atoms with E-state index in [1.165, 1.54) is 13.8 Å². The Hall–Kier alpha value is -2.90. The number of nitrogens with one attached hydrogen (secondary N) is 1. The average molecular weight is 437 g/mol. The number of ether oxygens (including phenoxy) is 2. The van der Waals surface area contributed by atoms with Crippen LogP contribution >= 0.6 is 0 Å². The Balaban J connectivity index is 2.02. The number of halogens is 3. The van der Waals surface area contributed by atoms with Gasteiger partial charge in [0.05, 0.1) is 0 Å². The third-order valence-corrected chi connectivity index (χ3v) is 4.07. The van der Waals surface area contributed by atoms with Gasteiger partial charge in [0.25, 0.3) is 5.91 Å². The Kier molecular flexibility index (Phi) is 7.97. The lowest BCUT2D eigenvalue weighted by molar-refractivity contribution is -0.210. The number of carbonyl (C=O) groups is 3. The highest BCUT2D eigenvalue weighted by Gasteiger charge is 2.42. The summed E-state index contributed by atoms with van der Waals surface area (Å²) in [5.41, 5.74) is 0.239. The minimum Gasteiger partial charge on any atom is -0.462 e. The first kappa shape index (κ1) is 23.4. The van der Waals surface area contributed by atoms with Crippen molar-refractivity contribution in [3.8, 4) is 0 Å². The maximum Gasteiger partial charge on any atom is 0.490 e. The Bertz CT molecular complexity index is 763. The molecule has 0 aromatic carbocycles. The summed E-state index contributed by atoms with van der Waals surface area (Å²) >= 11 is 0. The van der Waals surface area contributed by atoms with Gasteiger partial charge in [-0.3, -0.25) is 9.59 Å². The van der Waals surface area contributed by atoms with Crippen molar-refractivity contribution in [1.29, 1.82) is 0 Å². The maximum absolute atomic E-state index is 12.5. The number of carbonyl (C=O) groups excluding carboxylic acids is 3. The molecule has 2 rings (SSSR count). The molecule has 1 aromatic rings. The Labute approximate surface area is 169 Å². The van der Waals surface area contributed by atoms with Crippen molar-refractivity contribution in [3.05, 3.63) is 11.4 Å². The van der Waals surface area contributed by atoms with E-state index in [1.807, 2.05) is 0 Å². The summed E-state index contributed by atoms with van der Waals surface area (Å²) in [6, 6.07) is 0. The molecule has 2 heterocycles. The second kappa shape index (κ2) is 10.2. The fourth-order valence-electron chi connectivity index (χ4n) is 2.43. The molecule has 1 aliphatic rings. The van der Waals surface area contributed by atoms with E-state index in [1.54, 1.807) is 4.90 Å². The van der Waals surface area contributed by atoms with E-state index in [-0.39, 0.29) is 23.7 Å². The van der Waals surface area contributed by atoms with Gasteiger partial charge in [-0.1, -0.05) is 11.8 Å². The highest BCUT2D eigenvalue weighted by Crippen LogP contribution is 2.18. The average Bonchev–Trinajstić information content (AvgIpc) is 3.09. The zero-order chi connectivity index (χ0) is 22.3. The summed E-state index contributed by atoms with van der Waals surface area (Å²) in [6.45, 7) is 3.97. The second-order valence-corrected chi connectivity index (χ2v) is 6.30. The van der Waals surface area contributed by atoms with Crippen LogP contribution in [0.1, 0.15) is 29.5 Å². The van der Waals surface area contributed by atoms with Crippen molar-refractivity contribution in [2.75, 3.05) is 39.4 Å². The third-order valence-electron chi connectivity index (χ3n) is 4.07. The standard InChI is InChI=1S/C16H22F3N5O6/c1-3-12(25)28-8-11(30-15(27)16(17,18)19)9-29-24-10(2)13(21-22-24)14(26)23-6-4-20-5-7-23/h11,20H,3-9H2,1-2H3. The van der Waals surface area contributed by atoms with E-state index in [4.69, 9.17) is 9.57 Å². The predicted octanol–water partition coefficient (Wildman–Crippen LogP) is -0.512. The number of hydrogen-bond donors (Lipinski definition) is 1. The number of aromatic nitrogens is 3. The highest BCUT2D eigenvalue weighted by atomic mass is 19.4. The minimum atomic E-state index is -5.22. The number of esters is 2. The van der Waals surface area contributed by atoms with Crippen LogP contribution in [0.25, 0.3) is 0 Å². The van der Waals surface area contributed by atoms with Crippen LogP contribution in [0.3, 0.4) is 0 Å². The minimum absolute atomic E-state index is 0.0134. The zero-order valence-electron chi connectivity index (χ0n) is 16.4. The second-order valence-electron chi connectivity index (χ2n) is 6.30. The zero-order valence-corrected chi connectivity index (χ0v) is 16.4. The molecule has 1 fully saturated rings. The lowest BCUT2D eigenvalue weighted by Crippen LogP contribution is -2.46. The topological polar surface area (TPSA) is 125 Å². The van der Waals surface area contributed by atoms with Crippen LogP contribution in [0.4, 0.5) is 13.2 Å². The maximum atomic E-state index is 12.5. The molecule has 168 valence electrons. The van der Waals surface area contributed by atoms with Gasteiger partial charge in [-0.15, -0.1) is 5.10 Å². The monoisotopic (exact) mass is 437 g/mol.